The van der Waals surface area contributed by atoms with E-state index in [1.807, 2.05) is 77.1 Å². The topological polar surface area (TPSA) is 102 Å². The van der Waals surface area contributed by atoms with E-state index < -0.39 is 29.9 Å². The monoisotopic (exact) mass is 498 g/mol. The molecular formula is C29H42N2O5. The highest BCUT2D eigenvalue weighted by molar-refractivity contribution is 5.93. The maximum atomic E-state index is 13.3. The van der Waals surface area contributed by atoms with Crippen LogP contribution in [0.3, 0.4) is 0 Å². The van der Waals surface area contributed by atoms with Gasteiger partial charge >= 0.3 is 5.97 Å². The van der Waals surface area contributed by atoms with Crippen LogP contribution in [0.4, 0.5) is 0 Å². The standard InChI is InChI=1S/C29H42N2O5/c1-19(2)15-23-17-26(32)21(5)11-9-10-14-24(29(35)36-18-22-12-7-6-8-13-22)30-28(34)25(16-20(3)4)31-27(23)33/h6-10,12-13,19-21,23-25H,11,14-18H2,1-5H3,(H,30,34)(H,31,33)/t21-,23+,24-,25-/m0/s1. The Bertz CT molecular complexity index is 909. The predicted molar refractivity (Wildman–Crippen MR) is 140 cm³/mol. The number of benzene rings is 1. The van der Waals surface area contributed by atoms with Crippen LogP contribution in [0.5, 0.6) is 0 Å². The third-order valence-corrected chi connectivity index (χ3v) is 6.32. The van der Waals surface area contributed by atoms with Gasteiger partial charge in [0.2, 0.25) is 11.8 Å². The Kier molecular flexibility index (Phi) is 11.8. The van der Waals surface area contributed by atoms with Gasteiger partial charge < -0.3 is 15.4 Å². The van der Waals surface area contributed by atoms with Gasteiger partial charge in [0.15, 0.2) is 0 Å². The molecule has 4 atom stereocenters. The van der Waals surface area contributed by atoms with Crippen molar-refractivity contribution in [2.75, 3.05) is 0 Å². The first-order chi connectivity index (χ1) is 17.1. The number of ether oxygens (including phenoxy) is 1. The van der Waals surface area contributed by atoms with Gasteiger partial charge in [-0.05, 0) is 43.1 Å². The molecule has 0 saturated heterocycles. The summed E-state index contributed by atoms with van der Waals surface area (Å²) in [4.78, 5) is 52.3. The van der Waals surface area contributed by atoms with Crippen molar-refractivity contribution < 1.29 is 23.9 Å². The van der Waals surface area contributed by atoms with Gasteiger partial charge in [-0.2, -0.15) is 0 Å². The number of esters is 1. The predicted octanol–water partition coefficient (Wildman–Crippen LogP) is 4.35. The first-order valence-electron chi connectivity index (χ1n) is 13.1. The smallest absolute Gasteiger partial charge is 0.329 e. The molecule has 36 heavy (non-hydrogen) atoms. The van der Waals surface area contributed by atoms with Gasteiger partial charge in [0.25, 0.3) is 0 Å². The van der Waals surface area contributed by atoms with Crippen LogP contribution in [0.15, 0.2) is 42.5 Å². The SMILES string of the molecule is CC(C)C[C@@H]1CC(=O)[C@@H](C)CC=CC[C@@H](C(=O)OCc2ccccc2)NC(=O)[C@H](CC(C)C)NC1=O. The molecule has 0 fully saturated rings. The molecule has 2 amide bonds. The first kappa shape index (κ1) is 29.3. The number of allylic oxidation sites excluding steroid dienone is 1. The highest BCUT2D eigenvalue weighted by atomic mass is 16.5. The molecule has 0 aromatic heterocycles. The van der Waals surface area contributed by atoms with Crippen molar-refractivity contribution in [2.45, 2.75) is 85.4 Å². The Hall–Kier alpha value is -2.96. The van der Waals surface area contributed by atoms with Crippen LogP contribution in [-0.2, 0) is 30.5 Å². The zero-order chi connectivity index (χ0) is 26.7. The average molecular weight is 499 g/mol. The minimum Gasteiger partial charge on any atom is -0.459 e. The van der Waals surface area contributed by atoms with E-state index in [0.717, 1.165) is 5.56 Å². The highest BCUT2D eigenvalue weighted by Crippen LogP contribution is 2.21. The molecule has 0 spiro atoms. The fraction of sp³-hybridized carbons (Fsp3) is 0.586. The quantitative estimate of drug-likeness (QED) is 0.430. The summed E-state index contributed by atoms with van der Waals surface area (Å²) >= 11 is 0. The van der Waals surface area contributed by atoms with Crippen molar-refractivity contribution in [1.29, 1.82) is 0 Å². The molecular weight excluding hydrogens is 456 g/mol. The van der Waals surface area contributed by atoms with Gasteiger partial charge in [0.1, 0.15) is 24.5 Å². The Morgan fingerprint density at radius 3 is 2.19 bits per heavy atom. The molecule has 1 heterocycles. The number of amides is 2. The number of Topliss-reactive ketones (excluding diaryl/α,β-unsaturated/α-hetero) is 1. The van der Waals surface area contributed by atoms with Gasteiger partial charge in [-0.15, -0.1) is 0 Å². The van der Waals surface area contributed by atoms with Gasteiger partial charge in [-0.3, -0.25) is 14.4 Å². The minimum absolute atomic E-state index is 0.0289. The van der Waals surface area contributed by atoms with Crippen LogP contribution in [0.25, 0.3) is 0 Å². The van der Waals surface area contributed by atoms with Crippen molar-refractivity contribution in [3.8, 4) is 0 Å². The van der Waals surface area contributed by atoms with E-state index in [0.29, 0.717) is 19.3 Å². The summed E-state index contributed by atoms with van der Waals surface area (Å²) in [5.74, 6) is -1.61. The van der Waals surface area contributed by atoms with E-state index >= 15 is 0 Å². The van der Waals surface area contributed by atoms with Crippen LogP contribution in [-0.4, -0.2) is 35.7 Å². The van der Waals surface area contributed by atoms with Crippen LogP contribution in [0.1, 0.15) is 72.3 Å². The Balaban J connectivity index is 2.27. The third-order valence-electron chi connectivity index (χ3n) is 6.32. The zero-order valence-electron chi connectivity index (χ0n) is 22.3. The second kappa shape index (κ2) is 14.6. The van der Waals surface area contributed by atoms with Crippen molar-refractivity contribution in [3.63, 3.8) is 0 Å². The van der Waals surface area contributed by atoms with Crippen LogP contribution in [0.2, 0.25) is 0 Å². The normalized spacial score (nSPS) is 24.2. The molecule has 0 unspecified atom stereocenters. The van der Waals surface area contributed by atoms with E-state index in [9.17, 15) is 19.2 Å². The molecule has 7 nitrogen and oxygen atoms in total. The van der Waals surface area contributed by atoms with Crippen molar-refractivity contribution in [1.82, 2.24) is 10.6 Å². The molecule has 7 heteroatoms. The summed E-state index contributed by atoms with van der Waals surface area (Å²) in [5.41, 5.74) is 0.849. The Labute approximate surface area is 215 Å². The fourth-order valence-corrected chi connectivity index (χ4v) is 4.27. The maximum Gasteiger partial charge on any atom is 0.329 e. The summed E-state index contributed by atoms with van der Waals surface area (Å²) in [6, 6.07) is 7.63. The van der Waals surface area contributed by atoms with E-state index in [2.05, 4.69) is 10.6 Å². The molecule has 1 aromatic rings. The first-order valence-corrected chi connectivity index (χ1v) is 13.1. The summed E-state index contributed by atoms with van der Waals surface area (Å²) in [7, 11) is 0. The van der Waals surface area contributed by atoms with Crippen LogP contribution in [0, 0.1) is 23.7 Å². The summed E-state index contributed by atoms with van der Waals surface area (Å²) in [5, 5.41) is 5.70. The van der Waals surface area contributed by atoms with Gasteiger partial charge in [-0.25, -0.2) is 4.79 Å². The minimum atomic E-state index is -0.899. The molecule has 2 N–H and O–H groups in total. The molecule has 2 rings (SSSR count). The summed E-state index contributed by atoms with van der Waals surface area (Å²) in [6.45, 7) is 9.92. The number of rotatable bonds is 7. The number of hydrogen-bond acceptors (Lipinski definition) is 5. The zero-order valence-corrected chi connectivity index (χ0v) is 22.3. The average Bonchev–Trinajstić information content (AvgIpc) is 2.82. The van der Waals surface area contributed by atoms with E-state index in [-0.39, 0.29) is 48.9 Å². The molecule has 0 radical (unpaired) electrons. The molecule has 0 bridgehead atoms. The van der Waals surface area contributed by atoms with E-state index in [4.69, 9.17) is 4.74 Å². The largest absolute Gasteiger partial charge is 0.459 e. The third kappa shape index (κ3) is 9.96. The van der Waals surface area contributed by atoms with Gasteiger partial charge in [0.05, 0.1) is 0 Å². The molecule has 1 aromatic carbocycles. The molecule has 0 saturated carbocycles. The van der Waals surface area contributed by atoms with E-state index in [1.54, 1.807) is 0 Å². The molecule has 0 aliphatic carbocycles. The van der Waals surface area contributed by atoms with Gasteiger partial charge in [-0.1, -0.05) is 77.1 Å². The van der Waals surface area contributed by atoms with Crippen LogP contribution >= 0.6 is 0 Å². The Morgan fingerprint density at radius 1 is 0.917 bits per heavy atom. The van der Waals surface area contributed by atoms with Crippen molar-refractivity contribution >= 4 is 23.6 Å². The van der Waals surface area contributed by atoms with Crippen molar-refractivity contribution in [3.05, 3.63) is 48.0 Å². The number of hydrogen-bond donors (Lipinski definition) is 2. The lowest BCUT2D eigenvalue weighted by Gasteiger charge is -2.26. The molecule has 198 valence electrons. The second-order valence-electron chi connectivity index (χ2n) is 10.7. The lowest BCUT2D eigenvalue weighted by Crippen LogP contribution is -2.53. The summed E-state index contributed by atoms with van der Waals surface area (Å²) in [6.07, 6.45) is 5.54. The Morgan fingerprint density at radius 2 is 1.56 bits per heavy atom. The lowest BCUT2D eigenvalue weighted by atomic mass is 9.87. The van der Waals surface area contributed by atoms with Gasteiger partial charge in [0, 0.05) is 18.3 Å². The number of ketones is 1. The van der Waals surface area contributed by atoms with E-state index in [1.165, 1.54) is 0 Å². The lowest BCUT2D eigenvalue weighted by molar-refractivity contribution is -0.149. The number of carbonyl (C=O) groups excluding carboxylic acids is 4. The maximum absolute atomic E-state index is 13.3. The molecule has 1 aliphatic heterocycles. The second-order valence-corrected chi connectivity index (χ2v) is 10.7. The number of carbonyl (C=O) groups is 4. The molecule has 1 aliphatic rings. The number of nitrogens with one attached hydrogen (secondary N) is 2. The van der Waals surface area contributed by atoms with Crippen LogP contribution < -0.4 is 10.6 Å². The highest BCUT2D eigenvalue weighted by Gasteiger charge is 2.31. The fourth-order valence-electron chi connectivity index (χ4n) is 4.27. The van der Waals surface area contributed by atoms with Crippen molar-refractivity contribution in [2.24, 2.45) is 23.7 Å². The summed E-state index contributed by atoms with van der Waals surface area (Å²) < 4.78 is 5.49.